The van der Waals surface area contributed by atoms with Crippen molar-refractivity contribution in [1.29, 1.82) is 0 Å². The topological polar surface area (TPSA) is 26.3 Å². The Morgan fingerprint density at radius 1 is 1.00 bits per heavy atom. The van der Waals surface area contributed by atoms with Gasteiger partial charge in [0.15, 0.2) is 5.78 Å². The van der Waals surface area contributed by atoms with Crippen molar-refractivity contribution in [3.63, 3.8) is 0 Å². The predicted molar refractivity (Wildman–Crippen MR) is 77.3 cm³/mol. The van der Waals surface area contributed by atoms with Gasteiger partial charge in [0, 0.05) is 22.0 Å². The molecule has 0 aliphatic rings. The van der Waals surface area contributed by atoms with Gasteiger partial charge in [0.2, 0.25) is 0 Å². The maximum absolute atomic E-state index is 11.8. The minimum absolute atomic E-state index is 0.0497. The Morgan fingerprint density at radius 2 is 1.63 bits per heavy atom. The van der Waals surface area contributed by atoms with Gasteiger partial charge in [-0.2, -0.15) is 0 Å². The summed E-state index contributed by atoms with van der Waals surface area (Å²) in [6, 6.07) is 14.1. The van der Waals surface area contributed by atoms with Crippen LogP contribution in [0.25, 0.3) is 0 Å². The third kappa shape index (κ3) is 4.27. The molecule has 4 heteroatoms. The van der Waals surface area contributed by atoms with E-state index in [1.807, 2.05) is 18.2 Å². The standard InChI is InChI=1S/C15H12Cl2O2/c16-12-8-13(17)10-14(9-12)19-7-6-15(18)11-4-2-1-3-5-11/h1-5,8-10H,6-7H2. The first kappa shape index (κ1) is 13.9. The fourth-order valence-electron chi connectivity index (χ4n) is 1.64. The number of carbonyl (C=O) groups excluding carboxylic acids is 1. The minimum Gasteiger partial charge on any atom is -0.493 e. The highest BCUT2D eigenvalue weighted by molar-refractivity contribution is 6.34. The number of rotatable bonds is 5. The average Bonchev–Trinajstić information content (AvgIpc) is 2.38. The van der Waals surface area contributed by atoms with Gasteiger partial charge in [0.1, 0.15) is 5.75 Å². The van der Waals surface area contributed by atoms with Crippen LogP contribution in [0.15, 0.2) is 48.5 Å². The van der Waals surface area contributed by atoms with Gasteiger partial charge in [0.05, 0.1) is 6.61 Å². The molecule has 0 heterocycles. The van der Waals surface area contributed by atoms with E-state index >= 15 is 0 Å². The molecule has 0 amide bonds. The van der Waals surface area contributed by atoms with E-state index in [9.17, 15) is 4.79 Å². The van der Waals surface area contributed by atoms with Gasteiger partial charge in [-0.3, -0.25) is 4.79 Å². The first-order valence-corrected chi connectivity index (χ1v) is 6.58. The molecule has 0 aliphatic carbocycles. The van der Waals surface area contributed by atoms with Crippen molar-refractivity contribution in [2.75, 3.05) is 6.61 Å². The number of benzene rings is 2. The molecule has 0 atom stereocenters. The maximum atomic E-state index is 11.8. The Hall–Kier alpha value is -1.51. The number of ketones is 1. The number of hydrogen-bond donors (Lipinski definition) is 0. The van der Waals surface area contributed by atoms with Crippen molar-refractivity contribution in [1.82, 2.24) is 0 Å². The van der Waals surface area contributed by atoms with E-state index in [2.05, 4.69) is 0 Å². The van der Waals surface area contributed by atoms with Crippen LogP contribution in [-0.2, 0) is 0 Å². The Labute approximate surface area is 121 Å². The summed E-state index contributed by atoms with van der Waals surface area (Å²) in [6.45, 7) is 0.296. The SMILES string of the molecule is O=C(CCOc1cc(Cl)cc(Cl)c1)c1ccccc1. The molecule has 0 aliphatic heterocycles. The smallest absolute Gasteiger partial charge is 0.166 e. The van der Waals surface area contributed by atoms with E-state index in [0.29, 0.717) is 34.4 Å². The lowest BCUT2D eigenvalue weighted by Gasteiger charge is -2.06. The average molecular weight is 295 g/mol. The largest absolute Gasteiger partial charge is 0.493 e. The molecule has 0 N–H and O–H groups in total. The van der Waals surface area contributed by atoms with E-state index < -0.39 is 0 Å². The van der Waals surface area contributed by atoms with Crippen molar-refractivity contribution in [2.45, 2.75) is 6.42 Å². The Balaban J connectivity index is 1.88. The molecular formula is C15H12Cl2O2. The van der Waals surface area contributed by atoms with Crippen LogP contribution in [0.2, 0.25) is 10.0 Å². The maximum Gasteiger partial charge on any atom is 0.166 e. The van der Waals surface area contributed by atoms with Crippen molar-refractivity contribution in [3.05, 3.63) is 64.1 Å². The number of ether oxygens (including phenoxy) is 1. The molecule has 2 aromatic carbocycles. The van der Waals surface area contributed by atoms with Crippen molar-refractivity contribution >= 4 is 29.0 Å². The number of hydrogen-bond acceptors (Lipinski definition) is 2. The third-order valence-electron chi connectivity index (χ3n) is 2.53. The predicted octanol–water partition coefficient (Wildman–Crippen LogP) is 4.65. The van der Waals surface area contributed by atoms with Crippen LogP contribution in [0.3, 0.4) is 0 Å². The molecule has 19 heavy (non-hydrogen) atoms. The molecule has 98 valence electrons. The lowest BCUT2D eigenvalue weighted by Crippen LogP contribution is -2.06. The Bertz CT molecular complexity index is 547. The Kier molecular flexibility index (Phi) is 4.83. The van der Waals surface area contributed by atoms with Crippen LogP contribution < -0.4 is 4.74 Å². The molecule has 2 rings (SSSR count). The Morgan fingerprint density at radius 3 is 2.26 bits per heavy atom. The van der Waals surface area contributed by atoms with E-state index in [1.54, 1.807) is 30.3 Å². The lowest BCUT2D eigenvalue weighted by atomic mass is 10.1. The molecule has 0 saturated carbocycles. The number of carbonyl (C=O) groups is 1. The van der Waals surface area contributed by atoms with E-state index in [4.69, 9.17) is 27.9 Å². The van der Waals surface area contributed by atoms with Crippen LogP contribution >= 0.6 is 23.2 Å². The molecular weight excluding hydrogens is 283 g/mol. The molecule has 0 aromatic heterocycles. The zero-order valence-corrected chi connectivity index (χ0v) is 11.6. The fraction of sp³-hybridized carbons (Fsp3) is 0.133. The molecule has 0 spiro atoms. The first-order chi connectivity index (χ1) is 9.15. The van der Waals surface area contributed by atoms with Gasteiger partial charge in [-0.05, 0) is 18.2 Å². The van der Waals surface area contributed by atoms with E-state index in [0.717, 1.165) is 0 Å². The van der Waals surface area contributed by atoms with E-state index in [1.165, 1.54) is 0 Å². The van der Waals surface area contributed by atoms with Gasteiger partial charge in [0.25, 0.3) is 0 Å². The summed E-state index contributed by atoms with van der Waals surface area (Å²) in [5.41, 5.74) is 0.690. The molecule has 0 bridgehead atoms. The van der Waals surface area contributed by atoms with Crippen LogP contribution in [0, 0.1) is 0 Å². The second-order valence-corrected chi connectivity index (χ2v) is 4.87. The van der Waals surface area contributed by atoms with Crippen molar-refractivity contribution in [3.8, 4) is 5.75 Å². The summed E-state index contributed by atoms with van der Waals surface area (Å²) in [6.07, 6.45) is 0.314. The zero-order chi connectivity index (χ0) is 13.7. The van der Waals surface area contributed by atoms with Crippen molar-refractivity contribution in [2.24, 2.45) is 0 Å². The van der Waals surface area contributed by atoms with Gasteiger partial charge >= 0.3 is 0 Å². The van der Waals surface area contributed by atoms with Crippen LogP contribution in [-0.4, -0.2) is 12.4 Å². The number of Topliss-reactive ketones (excluding diaryl/α,β-unsaturated/α-hetero) is 1. The highest BCUT2D eigenvalue weighted by Gasteiger charge is 2.05. The van der Waals surface area contributed by atoms with Gasteiger partial charge in [-0.15, -0.1) is 0 Å². The fourth-order valence-corrected chi connectivity index (χ4v) is 2.15. The summed E-state index contributed by atoms with van der Waals surface area (Å²) in [7, 11) is 0. The van der Waals surface area contributed by atoms with Crippen LogP contribution in [0.4, 0.5) is 0 Å². The molecule has 0 unspecified atom stereocenters. The quantitative estimate of drug-likeness (QED) is 0.751. The highest BCUT2D eigenvalue weighted by atomic mass is 35.5. The van der Waals surface area contributed by atoms with Crippen LogP contribution in [0.5, 0.6) is 5.75 Å². The van der Waals surface area contributed by atoms with Gasteiger partial charge < -0.3 is 4.74 Å². The molecule has 2 nitrogen and oxygen atoms in total. The van der Waals surface area contributed by atoms with Crippen LogP contribution in [0.1, 0.15) is 16.8 Å². The van der Waals surface area contributed by atoms with Crippen molar-refractivity contribution < 1.29 is 9.53 Å². The third-order valence-corrected chi connectivity index (χ3v) is 2.97. The summed E-state index contributed by atoms with van der Waals surface area (Å²) >= 11 is 11.7. The minimum atomic E-state index is 0.0497. The van der Waals surface area contributed by atoms with Gasteiger partial charge in [-0.1, -0.05) is 53.5 Å². The summed E-state index contributed by atoms with van der Waals surface area (Å²) < 4.78 is 5.47. The lowest BCUT2D eigenvalue weighted by molar-refractivity contribution is 0.0962. The summed E-state index contributed by atoms with van der Waals surface area (Å²) in [4.78, 5) is 11.8. The monoisotopic (exact) mass is 294 g/mol. The normalized spacial score (nSPS) is 10.2. The molecule has 2 aromatic rings. The molecule has 0 radical (unpaired) electrons. The second-order valence-electron chi connectivity index (χ2n) is 3.99. The van der Waals surface area contributed by atoms with E-state index in [-0.39, 0.29) is 5.78 Å². The van der Waals surface area contributed by atoms with Gasteiger partial charge in [-0.25, -0.2) is 0 Å². The molecule has 0 fully saturated rings. The molecule has 0 saturated heterocycles. The summed E-state index contributed by atoms with van der Waals surface area (Å²) in [5, 5.41) is 1.02. The second kappa shape index (κ2) is 6.60. The summed E-state index contributed by atoms with van der Waals surface area (Å²) in [5.74, 6) is 0.618. The number of halogens is 2. The first-order valence-electron chi connectivity index (χ1n) is 5.82. The highest BCUT2D eigenvalue weighted by Crippen LogP contribution is 2.24. The zero-order valence-electron chi connectivity index (χ0n) is 10.1.